The first-order chi connectivity index (χ1) is 8.75. The van der Waals surface area contributed by atoms with E-state index in [2.05, 4.69) is 72.1 Å². The third-order valence-electron chi connectivity index (χ3n) is 3.40. The molecule has 2 aromatic heterocycles. The highest BCUT2D eigenvalue weighted by Gasteiger charge is 2.10. The second-order valence-corrected chi connectivity index (χ2v) is 4.73. The Hall–Kier alpha value is -2.09. The van der Waals surface area contributed by atoms with Crippen molar-refractivity contribution in [3.05, 3.63) is 66.0 Å². The zero-order chi connectivity index (χ0) is 12.5. The predicted octanol–water partition coefficient (Wildman–Crippen LogP) is 3.95. The maximum Gasteiger partial charge on any atom is 0.0881 e. The van der Waals surface area contributed by atoms with Gasteiger partial charge in [0.1, 0.15) is 0 Å². The number of hydrogen-bond acceptors (Lipinski definition) is 1. The van der Waals surface area contributed by atoms with Gasteiger partial charge >= 0.3 is 0 Å². The summed E-state index contributed by atoms with van der Waals surface area (Å²) in [6.07, 6.45) is 4.04. The molecule has 0 spiro atoms. The minimum Gasteiger partial charge on any atom is -0.339 e. The lowest BCUT2D eigenvalue weighted by Gasteiger charge is -2.15. The van der Waals surface area contributed by atoms with Crippen LogP contribution in [0.3, 0.4) is 0 Å². The van der Waals surface area contributed by atoms with Crippen molar-refractivity contribution in [3.8, 4) is 0 Å². The number of fused-ring (bicyclic) bond motifs is 1. The van der Waals surface area contributed by atoms with Gasteiger partial charge in [-0.15, -0.1) is 0 Å². The molecule has 0 aliphatic carbocycles. The molecule has 3 rings (SSSR count). The summed E-state index contributed by atoms with van der Waals surface area (Å²) in [6, 6.07) is 15.2. The van der Waals surface area contributed by atoms with Crippen molar-refractivity contribution in [2.45, 2.75) is 19.9 Å². The van der Waals surface area contributed by atoms with E-state index in [-0.39, 0.29) is 0 Å². The van der Waals surface area contributed by atoms with Crippen molar-refractivity contribution < 1.29 is 0 Å². The van der Waals surface area contributed by atoms with Crippen molar-refractivity contribution in [1.82, 2.24) is 9.55 Å². The van der Waals surface area contributed by atoms with E-state index in [4.69, 9.17) is 0 Å². The molecule has 2 heterocycles. The molecule has 0 fully saturated rings. The van der Waals surface area contributed by atoms with Gasteiger partial charge in [-0.3, -0.25) is 4.98 Å². The van der Waals surface area contributed by atoms with Gasteiger partial charge in [-0.05, 0) is 37.1 Å². The normalized spacial score (nSPS) is 12.8. The van der Waals surface area contributed by atoms with Crippen molar-refractivity contribution in [2.75, 3.05) is 0 Å². The van der Waals surface area contributed by atoms with Crippen LogP contribution in [0.1, 0.15) is 24.1 Å². The van der Waals surface area contributed by atoms with E-state index in [0.29, 0.717) is 6.04 Å². The van der Waals surface area contributed by atoms with E-state index in [1.54, 1.807) is 0 Å². The van der Waals surface area contributed by atoms with Crippen LogP contribution in [0.15, 0.2) is 54.9 Å². The topological polar surface area (TPSA) is 17.8 Å². The molecule has 1 aromatic carbocycles. The zero-order valence-electron chi connectivity index (χ0n) is 10.7. The fourth-order valence-corrected chi connectivity index (χ4v) is 2.36. The minimum absolute atomic E-state index is 0.326. The SMILES string of the molecule is Cc1cnc2ccn([C@@H](C)c3ccccc3)c2c1. The van der Waals surface area contributed by atoms with Crippen molar-refractivity contribution in [3.63, 3.8) is 0 Å². The minimum atomic E-state index is 0.326. The molecule has 1 atom stereocenters. The van der Waals surface area contributed by atoms with Crippen LogP contribution in [-0.4, -0.2) is 9.55 Å². The van der Waals surface area contributed by atoms with Gasteiger partial charge < -0.3 is 4.57 Å². The molecule has 3 aromatic rings. The van der Waals surface area contributed by atoms with Crippen LogP contribution in [-0.2, 0) is 0 Å². The molecule has 2 nitrogen and oxygen atoms in total. The Kier molecular flexibility index (Phi) is 2.63. The van der Waals surface area contributed by atoms with E-state index >= 15 is 0 Å². The van der Waals surface area contributed by atoms with E-state index in [1.165, 1.54) is 16.6 Å². The van der Waals surface area contributed by atoms with Crippen LogP contribution in [0, 0.1) is 6.92 Å². The summed E-state index contributed by atoms with van der Waals surface area (Å²) >= 11 is 0. The second-order valence-electron chi connectivity index (χ2n) is 4.73. The van der Waals surface area contributed by atoms with Gasteiger partial charge in [0, 0.05) is 12.4 Å². The van der Waals surface area contributed by atoms with Gasteiger partial charge in [-0.1, -0.05) is 30.3 Å². The Morgan fingerprint density at radius 1 is 1.11 bits per heavy atom. The predicted molar refractivity (Wildman–Crippen MR) is 74.7 cm³/mol. The first kappa shape index (κ1) is 11.0. The summed E-state index contributed by atoms with van der Waals surface area (Å²) < 4.78 is 2.28. The highest BCUT2D eigenvalue weighted by Crippen LogP contribution is 2.24. The van der Waals surface area contributed by atoms with Gasteiger partial charge in [0.05, 0.1) is 17.1 Å². The summed E-state index contributed by atoms with van der Waals surface area (Å²) in [5.41, 5.74) is 4.77. The van der Waals surface area contributed by atoms with Crippen molar-refractivity contribution in [2.24, 2.45) is 0 Å². The number of benzene rings is 1. The third-order valence-corrected chi connectivity index (χ3v) is 3.40. The van der Waals surface area contributed by atoms with Gasteiger partial charge in [0.2, 0.25) is 0 Å². The van der Waals surface area contributed by atoms with Crippen LogP contribution in [0.4, 0.5) is 0 Å². The Bertz CT molecular complexity index is 668. The van der Waals surface area contributed by atoms with Crippen LogP contribution in [0.5, 0.6) is 0 Å². The van der Waals surface area contributed by atoms with Crippen LogP contribution in [0.2, 0.25) is 0 Å². The number of rotatable bonds is 2. The molecule has 90 valence electrons. The third kappa shape index (κ3) is 1.80. The lowest BCUT2D eigenvalue weighted by Crippen LogP contribution is -2.05. The Labute approximate surface area is 107 Å². The van der Waals surface area contributed by atoms with E-state index < -0.39 is 0 Å². The maximum absolute atomic E-state index is 4.46. The van der Waals surface area contributed by atoms with Gasteiger partial charge in [0.25, 0.3) is 0 Å². The zero-order valence-corrected chi connectivity index (χ0v) is 10.7. The summed E-state index contributed by atoms with van der Waals surface area (Å²) in [5, 5.41) is 0. The first-order valence-electron chi connectivity index (χ1n) is 6.24. The highest BCUT2D eigenvalue weighted by molar-refractivity contribution is 5.76. The van der Waals surface area contributed by atoms with Gasteiger partial charge in [-0.2, -0.15) is 0 Å². The average molecular weight is 236 g/mol. The molecule has 0 saturated carbocycles. The fraction of sp³-hybridized carbons (Fsp3) is 0.188. The van der Waals surface area contributed by atoms with Crippen molar-refractivity contribution >= 4 is 11.0 Å². The molecule has 2 heteroatoms. The Morgan fingerprint density at radius 2 is 1.89 bits per heavy atom. The van der Waals surface area contributed by atoms with Crippen LogP contribution < -0.4 is 0 Å². The van der Waals surface area contributed by atoms with Crippen molar-refractivity contribution in [1.29, 1.82) is 0 Å². The lowest BCUT2D eigenvalue weighted by molar-refractivity contribution is 0.664. The lowest BCUT2D eigenvalue weighted by atomic mass is 10.1. The standard InChI is InChI=1S/C16H16N2/c1-12-10-16-15(17-11-12)8-9-18(16)13(2)14-6-4-3-5-7-14/h3-11,13H,1-2H3/t13-/m0/s1. The van der Waals surface area contributed by atoms with Crippen LogP contribution >= 0.6 is 0 Å². The van der Waals surface area contributed by atoms with Gasteiger partial charge in [-0.25, -0.2) is 0 Å². The molecule has 18 heavy (non-hydrogen) atoms. The summed E-state index contributed by atoms with van der Waals surface area (Å²) in [6.45, 7) is 4.30. The van der Waals surface area contributed by atoms with E-state index in [9.17, 15) is 0 Å². The van der Waals surface area contributed by atoms with Gasteiger partial charge in [0.15, 0.2) is 0 Å². The molecule has 0 radical (unpaired) electrons. The fourth-order valence-electron chi connectivity index (χ4n) is 2.36. The molecule has 0 bridgehead atoms. The largest absolute Gasteiger partial charge is 0.339 e. The summed E-state index contributed by atoms with van der Waals surface area (Å²) in [5.74, 6) is 0. The molecule has 0 unspecified atom stereocenters. The molecule has 0 aliphatic heterocycles. The first-order valence-corrected chi connectivity index (χ1v) is 6.24. The monoisotopic (exact) mass is 236 g/mol. The van der Waals surface area contributed by atoms with E-state index in [0.717, 1.165) is 5.52 Å². The molecular weight excluding hydrogens is 220 g/mol. The summed E-state index contributed by atoms with van der Waals surface area (Å²) in [4.78, 5) is 4.46. The number of nitrogens with zero attached hydrogens (tertiary/aromatic N) is 2. The number of hydrogen-bond donors (Lipinski definition) is 0. The summed E-state index contributed by atoms with van der Waals surface area (Å²) in [7, 11) is 0. The molecule has 0 amide bonds. The maximum atomic E-state index is 4.46. The average Bonchev–Trinajstić information content (AvgIpc) is 2.82. The molecule has 0 aliphatic rings. The second kappa shape index (κ2) is 4.30. The Balaban J connectivity index is 2.12. The number of pyridine rings is 1. The number of aryl methyl sites for hydroxylation is 1. The molecule has 0 N–H and O–H groups in total. The Morgan fingerprint density at radius 3 is 2.67 bits per heavy atom. The van der Waals surface area contributed by atoms with E-state index in [1.807, 2.05) is 6.20 Å². The number of aromatic nitrogens is 2. The molecular formula is C16H16N2. The smallest absolute Gasteiger partial charge is 0.0881 e. The molecule has 0 saturated heterocycles. The quantitative estimate of drug-likeness (QED) is 0.658. The van der Waals surface area contributed by atoms with Crippen LogP contribution in [0.25, 0.3) is 11.0 Å². The highest BCUT2D eigenvalue weighted by atomic mass is 15.0.